The zero-order valence-corrected chi connectivity index (χ0v) is 14.2. The summed E-state index contributed by atoms with van der Waals surface area (Å²) in [6, 6.07) is 5.27. The van der Waals surface area contributed by atoms with Crippen LogP contribution < -0.4 is 4.87 Å². The van der Waals surface area contributed by atoms with E-state index in [1.165, 1.54) is 4.90 Å². The van der Waals surface area contributed by atoms with Gasteiger partial charge in [0.2, 0.25) is 0 Å². The normalized spacial score (nSPS) is 10.8. The Labute approximate surface area is 141 Å². The van der Waals surface area contributed by atoms with Crippen molar-refractivity contribution in [2.45, 2.75) is 6.54 Å². The third-order valence-electron chi connectivity index (χ3n) is 2.77. The Kier molecular flexibility index (Phi) is 5.86. The highest BCUT2D eigenvalue weighted by atomic mass is 35.5. The summed E-state index contributed by atoms with van der Waals surface area (Å²) in [6.07, 6.45) is -0.509. The lowest BCUT2D eigenvalue weighted by Gasteiger charge is -2.17. The Bertz CT molecular complexity index is 697. The summed E-state index contributed by atoms with van der Waals surface area (Å²) < 4.78 is 7.49. The summed E-state index contributed by atoms with van der Waals surface area (Å²) in [5.74, 6) is 0.443. The van der Waals surface area contributed by atoms with E-state index in [1.807, 2.05) is 0 Å². The van der Waals surface area contributed by atoms with Crippen molar-refractivity contribution in [2.75, 3.05) is 18.4 Å². The van der Waals surface area contributed by atoms with Crippen molar-refractivity contribution in [1.82, 2.24) is 9.47 Å². The number of nitrogens with zero attached hydrogens (tertiary/aromatic N) is 2. The van der Waals surface area contributed by atoms with Gasteiger partial charge in [0.25, 0.3) is 0 Å². The van der Waals surface area contributed by atoms with E-state index in [0.29, 0.717) is 5.02 Å². The molecule has 5 nitrogen and oxygen atoms in total. The molecule has 2 aromatic rings. The smallest absolute Gasteiger partial charge is 0.411 e. The highest BCUT2D eigenvalue weighted by Crippen LogP contribution is 2.21. The summed E-state index contributed by atoms with van der Waals surface area (Å²) in [5, 5.41) is 0.558. The largest absolute Gasteiger partial charge is 0.447 e. The van der Waals surface area contributed by atoms with Crippen LogP contribution in [0.3, 0.4) is 0 Å². The lowest BCUT2D eigenvalue weighted by molar-refractivity contribution is 0.112. The van der Waals surface area contributed by atoms with Gasteiger partial charge in [-0.05, 0) is 18.2 Å². The Balaban J connectivity index is 2.07. The second-order valence-corrected chi connectivity index (χ2v) is 6.06. The number of fused-ring (bicyclic) bond motifs is 1. The molecule has 2 rings (SSSR count). The number of hydrogen-bond acceptors (Lipinski definition) is 6. The minimum Gasteiger partial charge on any atom is -0.447 e. The number of carbonyl (C=O) groups is 1. The number of hydrogen-bond donors (Lipinski definition) is 2. The van der Waals surface area contributed by atoms with Gasteiger partial charge in [-0.3, -0.25) is 14.3 Å². The van der Waals surface area contributed by atoms with Crippen LogP contribution in [0, 0.1) is 0 Å². The van der Waals surface area contributed by atoms with E-state index in [-0.39, 0.29) is 29.8 Å². The van der Waals surface area contributed by atoms with Gasteiger partial charge in [0, 0.05) is 5.02 Å². The first-order valence-electron chi connectivity index (χ1n) is 5.99. The fourth-order valence-electron chi connectivity index (χ4n) is 1.72. The molecule has 1 aromatic heterocycles. The van der Waals surface area contributed by atoms with Crippen molar-refractivity contribution in [3.63, 3.8) is 0 Å². The Morgan fingerprint density at radius 1 is 1.38 bits per heavy atom. The fraction of sp³-hybridized carbons (Fsp3) is 0.333. The lowest BCUT2D eigenvalue weighted by atomic mass is 10.3. The van der Waals surface area contributed by atoms with E-state index in [4.69, 9.17) is 16.3 Å². The molecule has 1 aromatic carbocycles. The van der Waals surface area contributed by atoms with Crippen LogP contribution in [0.1, 0.15) is 0 Å². The molecule has 0 atom stereocenters. The first kappa shape index (κ1) is 16.5. The molecule has 0 N–H and O–H groups in total. The second kappa shape index (κ2) is 7.44. The van der Waals surface area contributed by atoms with Gasteiger partial charge in [-0.15, -0.1) is 0 Å². The van der Waals surface area contributed by atoms with Crippen molar-refractivity contribution in [2.24, 2.45) is 0 Å². The third kappa shape index (κ3) is 3.88. The van der Waals surface area contributed by atoms with E-state index in [1.54, 1.807) is 22.8 Å². The Hall–Kier alpha value is -0.830. The average Bonchev–Trinajstić information content (AvgIpc) is 2.76. The van der Waals surface area contributed by atoms with Crippen LogP contribution >= 0.6 is 48.2 Å². The molecule has 0 saturated heterocycles. The zero-order chi connectivity index (χ0) is 15.4. The molecule has 1 amide bonds. The van der Waals surface area contributed by atoms with Crippen LogP contribution in [-0.4, -0.2) is 33.9 Å². The number of thiol groups is 2. The van der Waals surface area contributed by atoms with Gasteiger partial charge in [0.05, 0.1) is 28.5 Å². The monoisotopic (exact) mass is 364 g/mol. The molecule has 0 spiro atoms. The van der Waals surface area contributed by atoms with Crippen LogP contribution in [0.15, 0.2) is 23.0 Å². The maximum Gasteiger partial charge on any atom is 0.411 e. The molecule has 0 aliphatic carbocycles. The molecule has 0 aliphatic heterocycles. The first-order valence-corrected chi connectivity index (χ1v) is 8.45. The van der Waals surface area contributed by atoms with Crippen LogP contribution in [-0.2, 0) is 11.3 Å². The summed E-state index contributed by atoms with van der Waals surface area (Å²) >= 11 is 15.1. The third-order valence-corrected chi connectivity index (χ3v) is 4.65. The highest BCUT2D eigenvalue weighted by Gasteiger charge is 2.12. The summed E-state index contributed by atoms with van der Waals surface area (Å²) in [4.78, 5) is 24.8. The molecule has 1 heterocycles. The number of amides is 1. The van der Waals surface area contributed by atoms with Crippen molar-refractivity contribution in [3.8, 4) is 0 Å². The number of carbonyl (C=O) groups excluding carboxylic acids is 1. The van der Waals surface area contributed by atoms with Crippen molar-refractivity contribution in [1.29, 1.82) is 0 Å². The standard InChI is InChI=1S/C12H13ClN2O3S3/c13-8-1-2-10-9(5-8)15(12(17)21-10)3-4-18-11(16)14(6-19)7-20/h1-2,5,19-20H,3-4,6-7H2. The molecular formula is C12H13ClN2O3S3. The second-order valence-electron chi connectivity index (χ2n) is 4.07. The molecule has 0 unspecified atom stereocenters. The molecule has 9 heteroatoms. The van der Waals surface area contributed by atoms with Crippen LogP contribution in [0.5, 0.6) is 0 Å². The predicted molar refractivity (Wildman–Crippen MR) is 92.0 cm³/mol. The molecule has 114 valence electrons. The topological polar surface area (TPSA) is 51.5 Å². The van der Waals surface area contributed by atoms with Gasteiger partial charge in [-0.2, -0.15) is 25.3 Å². The van der Waals surface area contributed by atoms with Crippen LogP contribution in [0.4, 0.5) is 4.79 Å². The molecule has 0 aliphatic rings. The molecule has 21 heavy (non-hydrogen) atoms. The van der Waals surface area contributed by atoms with Gasteiger partial charge < -0.3 is 4.74 Å². The Morgan fingerprint density at radius 3 is 2.76 bits per heavy atom. The van der Waals surface area contributed by atoms with E-state index < -0.39 is 6.09 Å². The summed E-state index contributed by atoms with van der Waals surface area (Å²) in [5.41, 5.74) is 0.744. The van der Waals surface area contributed by atoms with E-state index in [0.717, 1.165) is 21.6 Å². The SMILES string of the molecule is O=C(OCCn1c(=O)sc2ccc(Cl)cc21)N(CS)CS. The lowest BCUT2D eigenvalue weighted by Crippen LogP contribution is -2.30. The van der Waals surface area contributed by atoms with Crippen molar-refractivity contribution >= 4 is 64.5 Å². The molecule has 0 bridgehead atoms. The van der Waals surface area contributed by atoms with Gasteiger partial charge in [0.15, 0.2) is 0 Å². The van der Waals surface area contributed by atoms with Gasteiger partial charge in [-0.1, -0.05) is 22.9 Å². The van der Waals surface area contributed by atoms with Crippen molar-refractivity contribution < 1.29 is 9.53 Å². The van der Waals surface area contributed by atoms with E-state index >= 15 is 0 Å². The highest BCUT2D eigenvalue weighted by molar-refractivity contribution is 7.81. The summed E-state index contributed by atoms with van der Waals surface area (Å²) in [7, 11) is 0. The molecule has 0 radical (unpaired) electrons. The van der Waals surface area contributed by atoms with E-state index in [2.05, 4.69) is 25.3 Å². The Morgan fingerprint density at radius 2 is 2.10 bits per heavy atom. The molecule has 0 fully saturated rings. The zero-order valence-electron chi connectivity index (χ0n) is 10.9. The number of aromatic nitrogens is 1. The maximum atomic E-state index is 11.9. The maximum absolute atomic E-state index is 11.9. The number of benzene rings is 1. The van der Waals surface area contributed by atoms with Crippen LogP contribution in [0.2, 0.25) is 5.02 Å². The van der Waals surface area contributed by atoms with Crippen molar-refractivity contribution in [3.05, 3.63) is 32.9 Å². The van der Waals surface area contributed by atoms with Gasteiger partial charge >= 0.3 is 11.0 Å². The number of halogens is 1. The van der Waals surface area contributed by atoms with Gasteiger partial charge in [-0.25, -0.2) is 4.79 Å². The molecule has 0 saturated carbocycles. The minimum atomic E-state index is -0.509. The number of ether oxygens (including phenoxy) is 1. The minimum absolute atomic E-state index is 0.0924. The average molecular weight is 365 g/mol. The van der Waals surface area contributed by atoms with Crippen LogP contribution in [0.25, 0.3) is 10.2 Å². The fourth-order valence-corrected chi connectivity index (χ4v) is 3.38. The van der Waals surface area contributed by atoms with E-state index in [9.17, 15) is 9.59 Å². The quantitative estimate of drug-likeness (QED) is 0.633. The number of thiazole rings is 1. The van der Waals surface area contributed by atoms with Gasteiger partial charge in [0.1, 0.15) is 6.61 Å². The predicted octanol–water partition coefficient (Wildman–Crippen LogP) is 2.93. The summed E-state index contributed by atoms with van der Waals surface area (Å²) in [6.45, 7) is 0.368. The first-order chi connectivity index (χ1) is 10.1. The number of rotatable bonds is 5. The molecular weight excluding hydrogens is 352 g/mol.